The number of para-hydroxylation sites is 1. The molecule has 2 aromatic rings. The second-order valence-electron chi connectivity index (χ2n) is 9.82. The molecule has 7 heteroatoms. The van der Waals surface area contributed by atoms with Gasteiger partial charge in [0.1, 0.15) is 35.2 Å². The molecule has 0 bridgehead atoms. The van der Waals surface area contributed by atoms with Crippen LogP contribution in [-0.2, 0) is 14.3 Å². The maximum Gasteiger partial charge on any atom is 0.342 e. The van der Waals surface area contributed by atoms with Crippen molar-refractivity contribution in [2.24, 2.45) is 0 Å². The predicted molar refractivity (Wildman–Crippen MR) is 138 cm³/mol. The van der Waals surface area contributed by atoms with Gasteiger partial charge in [0.05, 0.1) is 12.5 Å². The highest BCUT2D eigenvalue weighted by molar-refractivity contribution is 5.98. The molecule has 0 saturated carbocycles. The largest absolute Gasteiger partial charge is 0.507 e. The number of hydrogen-bond donors (Lipinski definition) is 1. The van der Waals surface area contributed by atoms with Crippen LogP contribution >= 0.6 is 0 Å². The number of ketones is 1. The molecule has 0 saturated heterocycles. The Labute approximate surface area is 215 Å². The van der Waals surface area contributed by atoms with Crippen LogP contribution in [0.2, 0.25) is 0 Å². The van der Waals surface area contributed by atoms with Crippen molar-refractivity contribution in [3.8, 4) is 17.2 Å². The number of cyclic esters (lactones) is 1. The van der Waals surface area contributed by atoms with E-state index in [-0.39, 0.29) is 35.9 Å². The number of ether oxygens (including phenoxy) is 3. The molecule has 0 radical (unpaired) electrons. The minimum absolute atomic E-state index is 0.0199. The Bertz CT molecular complexity index is 1300. The third kappa shape index (κ3) is 5.31. The number of Topliss-reactive ketones (excluding diaryl/α,β-unsaturated/α-hetero) is 1. The van der Waals surface area contributed by atoms with E-state index >= 15 is 0 Å². The fourth-order valence-electron chi connectivity index (χ4n) is 5.17. The van der Waals surface area contributed by atoms with E-state index in [1.165, 1.54) is 0 Å². The summed E-state index contributed by atoms with van der Waals surface area (Å²) in [6.45, 7) is 2.04. The molecule has 3 aliphatic rings. The second kappa shape index (κ2) is 10.6. The first kappa shape index (κ1) is 24.8. The molecule has 5 rings (SSSR count). The van der Waals surface area contributed by atoms with E-state index in [1.54, 1.807) is 19.1 Å². The number of allylic oxidation sites excluding steroid dienone is 1. The summed E-state index contributed by atoms with van der Waals surface area (Å²) >= 11 is 0. The summed E-state index contributed by atoms with van der Waals surface area (Å²) in [4.78, 5) is 38.0. The molecule has 2 atom stereocenters. The van der Waals surface area contributed by atoms with Crippen molar-refractivity contribution in [1.29, 1.82) is 0 Å². The van der Waals surface area contributed by atoms with Crippen molar-refractivity contribution in [2.45, 2.75) is 63.9 Å². The zero-order chi connectivity index (χ0) is 25.9. The number of phenols is 1. The first-order valence-electron chi connectivity index (χ1n) is 12.8. The van der Waals surface area contributed by atoms with Crippen LogP contribution in [0.4, 0.5) is 0 Å². The van der Waals surface area contributed by atoms with Crippen LogP contribution in [0.25, 0.3) is 12.2 Å². The van der Waals surface area contributed by atoms with Gasteiger partial charge in [-0.1, -0.05) is 30.4 Å². The maximum atomic E-state index is 13.3. The Kier molecular flexibility index (Phi) is 7.12. The van der Waals surface area contributed by atoms with Gasteiger partial charge in [-0.3, -0.25) is 9.59 Å². The molecule has 2 unspecified atom stereocenters. The molecule has 0 aromatic heterocycles. The lowest BCUT2D eigenvalue weighted by atomic mass is 9.82. The van der Waals surface area contributed by atoms with Gasteiger partial charge in [-0.15, -0.1) is 0 Å². The van der Waals surface area contributed by atoms with Gasteiger partial charge in [-0.2, -0.15) is 0 Å². The number of phenolic OH excluding ortho intramolecular Hbond substituents is 1. The summed E-state index contributed by atoms with van der Waals surface area (Å²) in [7, 11) is 0. The van der Waals surface area contributed by atoms with E-state index in [0.29, 0.717) is 49.7 Å². The van der Waals surface area contributed by atoms with Gasteiger partial charge >= 0.3 is 11.9 Å². The predicted octanol–water partition coefficient (Wildman–Crippen LogP) is 5.74. The van der Waals surface area contributed by atoms with E-state index in [9.17, 15) is 19.5 Å². The van der Waals surface area contributed by atoms with Gasteiger partial charge in [0.25, 0.3) is 0 Å². The molecule has 192 valence electrons. The fourth-order valence-corrected chi connectivity index (χ4v) is 5.17. The van der Waals surface area contributed by atoms with Crippen molar-refractivity contribution >= 4 is 29.9 Å². The Morgan fingerprint density at radius 3 is 2.68 bits per heavy atom. The van der Waals surface area contributed by atoms with E-state index in [2.05, 4.69) is 0 Å². The molecule has 7 nitrogen and oxygen atoms in total. The lowest BCUT2D eigenvalue weighted by molar-refractivity contribution is -0.135. The van der Waals surface area contributed by atoms with Crippen LogP contribution in [0, 0.1) is 0 Å². The monoisotopic (exact) mass is 502 g/mol. The highest BCUT2D eigenvalue weighted by Crippen LogP contribution is 2.48. The van der Waals surface area contributed by atoms with Crippen LogP contribution in [0.1, 0.15) is 84.8 Å². The zero-order valence-electron chi connectivity index (χ0n) is 20.8. The molecular formula is C30H30O7. The topological polar surface area (TPSA) is 99.1 Å². The van der Waals surface area contributed by atoms with Gasteiger partial charge in [-0.05, 0) is 62.0 Å². The average molecular weight is 503 g/mol. The molecule has 0 spiro atoms. The first-order chi connectivity index (χ1) is 17.9. The van der Waals surface area contributed by atoms with Gasteiger partial charge < -0.3 is 19.3 Å². The van der Waals surface area contributed by atoms with E-state index in [0.717, 1.165) is 16.9 Å². The molecule has 37 heavy (non-hydrogen) atoms. The molecule has 0 fully saturated rings. The molecule has 3 heterocycles. The maximum absolute atomic E-state index is 13.3. The molecule has 3 aliphatic heterocycles. The lowest BCUT2D eigenvalue weighted by Gasteiger charge is -2.30. The highest BCUT2D eigenvalue weighted by Gasteiger charge is 2.37. The fraction of sp³-hybridized carbons (Fsp3) is 0.367. The molecule has 0 aliphatic carbocycles. The van der Waals surface area contributed by atoms with Gasteiger partial charge in [0, 0.05) is 29.9 Å². The van der Waals surface area contributed by atoms with Crippen molar-refractivity contribution in [1.82, 2.24) is 0 Å². The van der Waals surface area contributed by atoms with Crippen molar-refractivity contribution in [2.75, 3.05) is 6.61 Å². The van der Waals surface area contributed by atoms with E-state index in [4.69, 9.17) is 14.2 Å². The third-order valence-corrected chi connectivity index (χ3v) is 7.08. The Morgan fingerprint density at radius 1 is 1.00 bits per heavy atom. The standard InChI is InChI=1S/C30H30O7/c1-18-8-7-12-22(31)11-4-2-3-10-20-15-25-28(29(33)27(20)30(34)36-18)23(16-26(32)37-25)21-14-19-9-5-6-13-24(19)35-17-21/h3,5-6,9-10,13-15,18,23,33H,2,4,7-8,11-12,16-17H2,1H3. The van der Waals surface area contributed by atoms with Crippen molar-refractivity contribution in [3.63, 3.8) is 0 Å². The quantitative estimate of drug-likeness (QED) is 0.392. The van der Waals surface area contributed by atoms with Gasteiger partial charge in [-0.25, -0.2) is 4.79 Å². The molecule has 0 amide bonds. The third-order valence-electron chi connectivity index (χ3n) is 7.08. The molecular weight excluding hydrogens is 472 g/mol. The smallest absolute Gasteiger partial charge is 0.342 e. The van der Waals surface area contributed by atoms with Gasteiger partial charge in [0.2, 0.25) is 0 Å². The first-order valence-corrected chi connectivity index (χ1v) is 12.8. The average Bonchev–Trinajstić information content (AvgIpc) is 2.87. The normalized spacial score (nSPS) is 22.3. The van der Waals surface area contributed by atoms with E-state index in [1.807, 2.05) is 36.4 Å². The molecule has 1 N–H and O–H groups in total. The minimum atomic E-state index is -0.647. The number of aromatic hydroxyl groups is 1. The summed E-state index contributed by atoms with van der Waals surface area (Å²) < 4.78 is 17.2. The second-order valence-corrected chi connectivity index (χ2v) is 9.82. The zero-order valence-corrected chi connectivity index (χ0v) is 20.8. The van der Waals surface area contributed by atoms with Crippen LogP contribution in [0.3, 0.4) is 0 Å². The number of benzene rings is 2. The summed E-state index contributed by atoms with van der Waals surface area (Å²) in [5.74, 6) is -0.640. The molecule has 2 aromatic carbocycles. The van der Waals surface area contributed by atoms with E-state index < -0.39 is 24.0 Å². The number of rotatable bonds is 1. The SMILES string of the molecule is CC1CCCC(=O)CCCC=Cc2cc3c(c(O)c2C(=O)O1)C(C1=Cc2ccccc2OC1)CC(=O)O3. The highest BCUT2D eigenvalue weighted by atomic mass is 16.5. The number of carbonyl (C=O) groups excluding carboxylic acids is 3. The number of fused-ring (bicyclic) bond motifs is 3. The minimum Gasteiger partial charge on any atom is -0.507 e. The summed E-state index contributed by atoms with van der Waals surface area (Å²) in [5.41, 5.74) is 2.55. The number of esters is 2. The summed E-state index contributed by atoms with van der Waals surface area (Å²) in [5, 5.41) is 11.5. The van der Waals surface area contributed by atoms with Gasteiger partial charge in [0.15, 0.2) is 0 Å². The lowest BCUT2D eigenvalue weighted by Crippen LogP contribution is -2.26. The summed E-state index contributed by atoms with van der Waals surface area (Å²) in [6, 6.07) is 9.23. The Hall–Kier alpha value is -3.87. The van der Waals surface area contributed by atoms with Crippen molar-refractivity contribution < 1.29 is 33.7 Å². The van der Waals surface area contributed by atoms with Crippen molar-refractivity contribution in [3.05, 3.63) is 64.2 Å². The van der Waals surface area contributed by atoms with Crippen LogP contribution in [0.15, 0.2) is 42.0 Å². The Balaban J connectivity index is 1.58. The Morgan fingerprint density at radius 2 is 1.81 bits per heavy atom. The van der Waals surface area contributed by atoms with Crippen LogP contribution in [0.5, 0.6) is 17.2 Å². The number of hydrogen-bond acceptors (Lipinski definition) is 7. The van der Waals surface area contributed by atoms with Crippen LogP contribution < -0.4 is 9.47 Å². The summed E-state index contributed by atoms with van der Waals surface area (Å²) in [6.07, 6.45) is 8.65. The number of carbonyl (C=O) groups is 3. The van der Waals surface area contributed by atoms with Crippen LogP contribution in [-0.4, -0.2) is 35.5 Å².